The molecule has 1 atom stereocenters. The Morgan fingerprint density at radius 3 is 2.74 bits per heavy atom. The van der Waals surface area contributed by atoms with Gasteiger partial charge < -0.3 is 9.32 Å². The van der Waals surface area contributed by atoms with Crippen LogP contribution in [0.2, 0.25) is 0 Å². The minimum Gasteiger partial charge on any atom is -0.463 e. The second-order valence-corrected chi connectivity index (χ2v) is 9.17. The number of aromatic nitrogens is 2. The number of hydrogen-bond donors (Lipinski definition) is 2. The first-order valence-corrected chi connectivity index (χ1v) is 11.6. The van der Waals surface area contributed by atoms with E-state index < -0.39 is 0 Å². The minimum atomic E-state index is 0.293. The van der Waals surface area contributed by atoms with E-state index in [1.165, 1.54) is 25.7 Å². The van der Waals surface area contributed by atoms with Crippen LogP contribution < -0.4 is 15.8 Å². The van der Waals surface area contributed by atoms with Crippen molar-refractivity contribution in [3.63, 3.8) is 0 Å². The van der Waals surface area contributed by atoms with E-state index in [1.807, 2.05) is 30.5 Å². The molecule has 3 fully saturated rings. The van der Waals surface area contributed by atoms with Gasteiger partial charge in [0.2, 0.25) is 0 Å². The van der Waals surface area contributed by atoms with Crippen LogP contribution in [-0.2, 0) is 6.54 Å². The van der Waals surface area contributed by atoms with Crippen molar-refractivity contribution in [1.29, 1.82) is 0 Å². The summed E-state index contributed by atoms with van der Waals surface area (Å²) in [7, 11) is 0. The number of hydrogen-bond acceptors (Lipinski definition) is 7. The maximum atomic E-state index is 6.22. The molecule has 7 nitrogen and oxygen atoms in total. The van der Waals surface area contributed by atoms with Gasteiger partial charge in [-0.1, -0.05) is 12.1 Å². The molecule has 3 aliphatic heterocycles. The molecule has 1 spiro atoms. The first-order chi connectivity index (χ1) is 15.3. The van der Waals surface area contributed by atoms with E-state index in [4.69, 9.17) is 9.40 Å². The summed E-state index contributed by atoms with van der Waals surface area (Å²) in [4.78, 5) is 14.6. The fourth-order valence-electron chi connectivity index (χ4n) is 5.61. The molecule has 3 saturated heterocycles. The largest absolute Gasteiger partial charge is 0.463 e. The molecule has 3 aromatic rings. The molecule has 3 aliphatic rings. The molecule has 2 N–H and O–H groups in total. The highest BCUT2D eigenvalue weighted by molar-refractivity contribution is 5.75. The number of nitrogens with one attached hydrogen (secondary N) is 2. The fraction of sp³-hybridized carbons (Fsp3) is 0.500. The summed E-state index contributed by atoms with van der Waals surface area (Å²) in [6.07, 6.45) is 7.91. The van der Waals surface area contributed by atoms with Crippen molar-refractivity contribution in [3.8, 4) is 0 Å². The predicted molar refractivity (Wildman–Crippen MR) is 121 cm³/mol. The highest BCUT2D eigenvalue weighted by atomic mass is 16.3. The molecule has 0 aliphatic carbocycles. The Balaban J connectivity index is 1.13. The summed E-state index contributed by atoms with van der Waals surface area (Å²) in [5, 5.41) is 0. The lowest BCUT2D eigenvalue weighted by Gasteiger charge is -2.45. The quantitative estimate of drug-likeness (QED) is 0.673. The average Bonchev–Trinajstić information content (AvgIpc) is 3.57. The maximum absolute atomic E-state index is 6.22. The third-order valence-electron chi connectivity index (χ3n) is 7.40. The van der Waals surface area contributed by atoms with Gasteiger partial charge in [-0.25, -0.2) is 10.4 Å². The average molecular weight is 419 g/mol. The van der Waals surface area contributed by atoms with E-state index in [2.05, 4.69) is 37.8 Å². The molecule has 5 heterocycles. The number of para-hydroxylation sites is 2. The summed E-state index contributed by atoms with van der Waals surface area (Å²) in [5.74, 6) is 3.15. The number of hydrazine groups is 1. The van der Waals surface area contributed by atoms with Crippen LogP contribution in [0.15, 0.2) is 47.0 Å². The molecule has 162 valence electrons. The maximum Gasteiger partial charge on any atom is 0.147 e. The van der Waals surface area contributed by atoms with Crippen LogP contribution in [0, 0.1) is 0 Å². The Bertz CT molecular complexity index is 1050. The van der Waals surface area contributed by atoms with E-state index in [9.17, 15) is 0 Å². The SMILES string of the molecule is c1ccc2nc(N3CCC4(CCCN4Cc4ccc(C5CCNN5)o4)CC3)cnc2c1. The van der Waals surface area contributed by atoms with Gasteiger partial charge in [-0.15, -0.1) is 0 Å². The molecule has 2 aromatic heterocycles. The minimum absolute atomic E-state index is 0.293. The molecule has 7 heteroatoms. The topological polar surface area (TPSA) is 69.5 Å². The highest BCUT2D eigenvalue weighted by Crippen LogP contribution is 2.40. The third kappa shape index (κ3) is 3.60. The second-order valence-electron chi connectivity index (χ2n) is 9.17. The van der Waals surface area contributed by atoms with Gasteiger partial charge in [0, 0.05) is 25.2 Å². The van der Waals surface area contributed by atoms with Crippen LogP contribution in [0.1, 0.15) is 49.7 Å². The van der Waals surface area contributed by atoms with Crippen molar-refractivity contribution in [2.45, 2.75) is 50.2 Å². The summed E-state index contributed by atoms with van der Waals surface area (Å²) >= 11 is 0. The van der Waals surface area contributed by atoms with Gasteiger partial charge in [-0.3, -0.25) is 15.3 Å². The summed E-state index contributed by atoms with van der Waals surface area (Å²) in [5.41, 5.74) is 8.72. The molecular formula is C24H30N6O. The second kappa shape index (κ2) is 7.89. The highest BCUT2D eigenvalue weighted by Gasteiger charge is 2.43. The number of fused-ring (bicyclic) bond motifs is 1. The van der Waals surface area contributed by atoms with Crippen molar-refractivity contribution in [1.82, 2.24) is 25.7 Å². The number of piperidine rings is 1. The molecule has 0 saturated carbocycles. The summed E-state index contributed by atoms with van der Waals surface area (Å²) in [6, 6.07) is 12.7. The standard InChI is InChI=1S/C24H30N6O/c1-2-5-20-19(4-1)25-16-23(27-20)29-14-10-24(11-15-29)9-3-13-30(24)17-18-6-7-22(31-18)21-8-12-26-28-21/h1-2,4-7,16,21,26,28H,3,8-15,17H2. The number of rotatable bonds is 4. The van der Waals surface area contributed by atoms with Crippen molar-refractivity contribution < 1.29 is 4.42 Å². The number of likely N-dealkylation sites (tertiary alicyclic amines) is 1. The van der Waals surface area contributed by atoms with E-state index in [0.29, 0.717) is 11.6 Å². The molecule has 6 rings (SSSR count). The first kappa shape index (κ1) is 19.2. The van der Waals surface area contributed by atoms with Crippen molar-refractivity contribution in [3.05, 3.63) is 54.1 Å². The Kier molecular flexibility index (Phi) is 4.89. The lowest BCUT2D eigenvalue weighted by atomic mass is 9.85. The Morgan fingerprint density at radius 1 is 1.03 bits per heavy atom. The van der Waals surface area contributed by atoms with E-state index in [0.717, 1.165) is 67.5 Å². The summed E-state index contributed by atoms with van der Waals surface area (Å²) in [6.45, 7) is 5.13. The van der Waals surface area contributed by atoms with Gasteiger partial charge >= 0.3 is 0 Å². The number of benzene rings is 1. The first-order valence-electron chi connectivity index (χ1n) is 11.6. The Hall–Kier alpha value is -2.48. The number of anilines is 1. The van der Waals surface area contributed by atoms with Gasteiger partial charge in [0.05, 0.1) is 29.8 Å². The lowest BCUT2D eigenvalue weighted by Crippen LogP contribution is -2.52. The van der Waals surface area contributed by atoms with Crippen LogP contribution >= 0.6 is 0 Å². The predicted octanol–water partition coefficient (Wildman–Crippen LogP) is 3.40. The molecule has 1 aromatic carbocycles. The van der Waals surface area contributed by atoms with E-state index in [1.54, 1.807) is 0 Å². The summed E-state index contributed by atoms with van der Waals surface area (Å²) < 4.78 is 6.22. The van der Waals surface area contributed by atoms with Crippen LogP contribution in [0.25, 0.3) is 11.0 Å². The van der Waals surface area contributed by atoms with E-state index >= 15 is 0 Å². The zero-order chi connectivity index (χ0) is 20.7. The van der Waals surface area contributed by atoms with Gasteiger partial charge in [0.15, 0.2) is 0 Å². The molecule has 31 heavy (non-hydrogen) atoms. The van der Waals surface area contributed by atoms with Crippen LogP contribution in [0.4, 0.5) is 5.82 Å². The van der Waals surface area contributed by atoms with Gasteiger partial charge in [0.25, 0.3) is 0 Å². The van der Waals surface area contributed by atoms with Gasteiger partial charge in [-0.2, -0.15) is 0 Å². The van der Waals surface area contributed by atoms with Crippen molar-refractivity contribution >= 4 is 16.9 Å². The Labute approximate surface area is 182 Å². The third-order valence-corrected chi connectivity index (χ3v) is 7.40. The molecule has 0 bridgehead atoms. The molecular weight excluding hydrogens is 388 g/mol. The van der Waals surface area contributed by atoms with Crippen molar-refractivity contribution in [2.24, 2.45) is 0 Å². The van der Waals surface area contributed by atoms with Crippen LogP contribution in [-0.4, -0.2) is 46.6 Å². The van der Waals surface area contributed by atoms with Crippen LogP contribution in [0.3, 0.4) is 0 Å². The lowest BCUT2D eigenvalue weighted by molar-refractivity contribution is 0.0915. The smallest absolute Gasteiger partial charge is 0.147 e. The molecule has 1 unspecified atom stereocenters. The fourth-order valence-corrected chi connectivity index (χ4v) is 5.61. The normalized spacial score (nSPS) is 23.9. The van der Waals surface area contributed by atoms with Crippen molar-refractivity contribution in [2.75, 3.05) is 31.1 Å². The Morgan fingerprint density at radius 2 is 1.90 bits per heavy atom. The molecule has 0 radical (unpaired) electrons. The van der Waals surface area contributed by atoms with Gasteiger partial charge in [0.1, 0.15) is 17.3 Å². The van der Waals surface area contributed by atoms with Gasteiger partial charge in [-0.05, 0) is 62.9 Å². The van der Waals surface area contributed by atoms with E-state index in [-0.39, 0.29) is 0 Å². The van der Waals surface area contributed by atoms with Crippen LogP contribution in [0.5, 0.6) is 0 Å². The molecule has 0 amide bonds. The number of nitrogens with zero attached hydrogens (tertiary/aromatic N) is 4. The zero-order valence-electron chi connectivity index (χ0n) is 17.9. The monoisotopic (exact) mass is 418 g/mol. The zero-order valence-corrected chi connectivity index (χ0v) is 17.9. The number of furan rings is 1.